The summed E-state index contributed by atoms with van der Waals surface area (Å²) in [7, 11) is 1.27. The Bertz CT molecular complexity index is 613. The minimum Gasteiger partial charge on any atom is -0.497 e. The first-order chi connectivity index (χ1) is 9.51. The predicted molar refractivity (Wildman–Crippen MR) is 67.3 cm³/mol. The maximum atomic E-state index is 13.7. The van der Waals surface area contributed by atoms with Gasteiger partial charge in [-0.1, -0.05) is 12.1 Å². The fraction of sp³-hybridized carbons (Fsp3) is 0.133. The normalized spacial score (nSPS) is 10.4. The Morgan fingerprint density at radius 3 is 2.10 bits per heavy atom. The zero-order valence-electron chi connectivity index (χ0n) is 10.6. The Labute approximate surface area is 113 Å². The topological polar surface area (TPSA) is 26.3 Å². The highest BCUT2D eigenvalue weighted by Crippen LogP contribution is 2.22. The number of ether oxygens (including phenoxy) is 1. The second-order valence-electron chi connectivity index (χ2n) is 4.19. The van der Waals surface area contributed by atoms with Gasteiger partial charge in [-0.05, 0) is 17.7 Å². The molecule has 0 aromatic heterocycles. The van der Waals surface area contributed by atoms with Crippen LogP contribution >= 0.6 is 0 Å². The van der Waals surface area contributed by atoms with E-state index in [0.29, 0.717) is 5.56 Å². The van der Waals surface area contributed by atoms with Crippen LogP contribution in [0.2, 0.25) is 0 Å². The van der Waals surface area contributed by atoms with Crippen LogP contribution in [0.5, 0.6) is 5.75 Å². The van der Waals surface area contributed by atoms with Crippen molar-refractivity contribution in [2.45, 2.75) is 6.42 Å². The second kappa shape index (κ2) is 5.77. The highest BCUT2D eigenvalue weighted by atomic mass is 19.1. The van der Waals surface area contributed by atoms with Crippen molar-refractivity contribution in [2.75, 3.05) is 7.11 Å². The van der Waals surface area contributed by atoms with Crippen molar-refractivity contribution in [1.29, 1.82) is 0 Å². The van der Waals surface area contributed by atoms with E-state index < -0.39 is 28.8 Å². The summed E-state index contributed by atoms with van der Waals surface area (Å²) in [5.41, 5.74) is -0.138. The standard InChI is InChI=1S/C15H11F3O2/c1-20-11-7-12(17)15(13(18)8-11)14(19)6-9-2-4-10(16)5-3-9/h2-5,7-8H,6H2,1H3. The molecule has 0 atom stereocenters. The minimum atomic E-state index is -0.978. The molecule has 0 spiro atoms. The van der Waals surface area contributed by atoms with Crippen LogP contribution in [-0.2, 0) is 6.42 Å². The molecule has 0 saturated heterocycles. The smallest absolute Gasteiger partial charge is 0.173 e. The molecule has 20 heavy (non-hydrogen) atoms. The third kappa shape index (κ3) is 2.99. The van der Waals surface area contributed by atoms with Crippen molar-refractivity contribution in [1.82, 2.24) is 0 Å². The number of hydrogen-bond donors (Lipinski definition) is 0. The molecule has 0 fully saturated rings. The number of hydrogen-bond acceptors (Lipinski definition) is 2. The van der Waals surface area contributed by atoms with Crippen LogP contribution in [-0.4, -0.2) is 12.9 Å². The van der Waals surface area contributed by atoms with Gasteiger partial charge in [0.1, 0.15) is 23.2 Å². The molecule has 0 aliphatic heterocycles. The zero-order chi connectivity index (χ0) is 14.7. The number of carbonyl (C=O) groups excluding carboxylic acids is 1. The molecule has 2 aromatic carbocycles. The summed E-state index contributed by atoms with van der Waals surface area (Å²) in [6, 6.07) is 7.05. The number of Topliss-reactive ketones (excluding diaryl/α,β-unsaturated/α-hetero) is 1. The van der Waals surface area contributed by atoms with E-state index in [1.807, 2.05) is 0 Å². The molecule has 104 valence electrons. The minimum absolute atomic E-state index is 0.00154. The summed E-state index contributed by atoms with van der Waals surface area (Å²) in [4.78, 5) is 11.9. The van der Waals surface area contributed by atoms with Crippen LogP contribution in [0.1, 0.15) is 15.9 Å². The third-order valence-electron chi connectivity index (χ3n) is 2.81. The lowest BCUT2D eigenvalue weighted by molar-refractivity contribution is 0.0984. The largest absolute Gasteiger partial charge is 0.497 e. The molecule has 2 rings (SSSR count). The first-order valence-electron chi connectivity index (χ1n) is 5.82. The van der Waals surface area contributed by atoms with Gasteiger partial charge in [0.05, 0.1) is 12.7 Å². The van der Waals surface area contributed by atoms with Gasteiger partial charge in [-0.15, -0.1) is 0 Å². The summed E-state index contributed by atoms with van der Waals surface area (Å²) < 4.78 is 44.9. The summed E-state index contributed by atoms with van der Waals surface area (Å²) in [6.07, 6.45) is -0.208. The zero-order valence-corrected chi connectivity index (χ0v) is 10.6. The SMILES string of the molecule is COc1cc(F)c(C(=O)Cc2ccc(F)cc2)c(F)c1. The highest BCUT2D eigenvalue weighted by Gasteiger charge is 2.19. The molecular weight excluding hydrogens is 269 g/mol. The number of ketones is 1. The molecule has 0 bridgehead atoms. The van der Waals surface area contributed by atoms with E-state index in [-0.39, 0.29) is 12.2 Å². The van der Waals surface area contributed by atoms with Gasteiger partial charge in [0.15, 0.2) is 5.78 Å². The predicted octanol–water partition coefficient (Wildman–Crippen LogP) is 3.54. The van der Waals surface area contributed by atoms with E-state index in [9.17, 15) is 18.0 Å². The lowest BCUT2D eigenvalue weighted by Gasteiger charge is -2.07. The van der Waals surface area contributed by atoms with Crippen molar-refractivity contribution in [2.24, 2.45) is 0 Å². The maximum absolute atomic E-state index is 13.7. The van der Waals surface area contributed by atoms with Gasteiger partial charge in [0, 0.05) is 18.6 Å². The Morgan fingerprint density at radius 1 is 1.05 bits per heavy atom. The Hall–Kier alpha value is -2.30. The molecule has 0 radical (unpaired) electrons. The van der Waals surface area contributed by atoms with Gasteiger partial charge in [-0.2, -0.15) is 0 Å². The fourth-order valence-corrected chi connectivity index (χ4v) is 1.81. The van der Waals surface area contributed by atoms with Crippen molar-refractivity contribution in [3.05, 3.63) is 65.0 Å². The monoisotopic (exact) mass is 280 g/mol. The third-order valence-corrected chi connectivity index (χ3v) is 2.81. The van der Waals surface area contributed by atoms with Crippen LogP contribution in [0.3, 0.4) is 0 Å². The van der Waals surface area contributed by atoms with Gasteiger partial charge in [-0.3, -0.25) is 4.79 Å². The van der Waals surface area contributed by atoms with Crippen molar-refractivity contribution in [3.8, 4) is 5.75 Å². The fourth-order valence-electron chi connectivity index (χ4n) is 1.81. The van der Waals surface area contributed by atoms with Gasteiger partial charge >= 0.3 is 0 Å². The first-order valence-corrected chi connectivity index (χ1v) is 5.82. The van der Waals surface area contributed by atoms with Crippen LogP contribution < -0.4 is 4.74 Å². The average molecular weight is 280 g/mol. The Kier molecular flexibility index (Phi) is 4.08. The van der Waals surface area contributed by atoms with E-state index in [1.54, 1.807) is 0 Å². The van der Waals surface area contributed by atoms with Crippen molar-refractivity contribution >= 4 is 5.78 Å². The van der Waals surface area contributed by atoms with E-state index in [2.05, 4.69) is 0 Å². The van der Waals surface area contributed by atoms with E-state index >= 15 is 0 Å². The van der Waals surface area contributed by atoms with E-state index in [0.717, 1.165) is 12.1 Å². The number of halogens is 3. The second-order valence-corrected chi connectivity index (χ2v) is 4.19. The number of rotatable bonds is 4. The molecule has 0 aliphatic carbocycles. The van der Waals surface area contributed by atoms with Crippen molar-refractivity contribution < 1.29 is 22.7 Å². The highest BCUT2D eigenvalue weighted by molar-refractivity contribution is 5.98. The van der Waals surface area contributed by atoms with Gasteiger partial charge in [0.25, 0.3) is 0 Å². The summed E-state index contributed by atoms with van der Waals surface area (Å²) in [6.45, 7) is 0. The molecule has 2 nitrogen and oxygen atoms in total. The maximum Gasteiger partial charge on any atom is 0.173 e. The van der Waals surface area contributed by atoms with Crippen LogP contribution in [0, 0.1) is 17.5 Å². The molecule has 0 amide bonds. The van der Waals surface area contributed by atoms with Gasteiger partial charge < -0.3 is 4.74 Å². The molecule has 0 aliphatic rings. The van der Waals surface area contributed by atoms with Crippen LogP contribution in [0.4, 0.5) is 13.2 Å². The number of benzene rings is 2. The molecule has 2 aromatic rings. The Morgan fingerprint density at radius 2 is 1.60 bits per heavy atom. The number of methoxy groups -OCH3 is 1. The van der Waals surface area contributed by atoms with Gasteiger partial charge in [-0.25, -0.2) is 13.2 Å². The lowest BCUT2D eigenvalue weighted by Crippen LogP contribution is -2.09. The molecule has 0 saturated carbocycles. The quantitative estimate of drug-likeness (QED) is 0.801. The van der Waals surface area contributed by atoms with Crippen LogP contribution in [0.15, 0.2) is 36.4 Å². The molecule has 0 heterocycles. The molecule has 0 unspecified atom stereocenters. The van der Waals surface area contributed by atoms with Gasteiger partial charge in [0.2, 0.25) is 0 Å². The molecule has 5 heteroatoms. The lowest BCUT2D eigenvalue weighted by atomic mass is 10.0. The van der Waals surface area contributed by atoms with E-state index in [1.165, 1.54) is 31.4 Å². The molecule has 0 N–H and O–H groups in total. The summed E-state index contributed by atoms with van der Waals surface area (Å²) in [5.74, 6) is -3.11. The summed E-state index contributed by atoms with van der Waals surface area (Å²) in [5, 5.41) is 0. The first kappa shape index (κ1) is 14.1. The van der Waals surface area contributed by atoms with Crippen LogP contribution in [0.25, 0.3) is 0 Å². The molecular formula is C15H11F3O2. The van der Waals surface area contributed by atoms with E-state index in [4.69, 9.17) is 4.74 Å². The number of carbonyl (C=O) groups is 1. The average Bonchev–Trinajstić information content (AvgIpc) is 2.40. The van der Waals surface area contributed by atoms with Crippen molar-refractivity contribution in [3.63, 3.8) is 0 Å². The Balaban J connectivity index is 2.27. The summed E-state index contributed by atoms with van der Waals surface area (Å²) >= 11 is 0.